The highest BCUT2D eigenvalue weighted by atomic mass is 79.9. The molecule has 124 valence electrons. The minimum atomic E-state index is -0.452. The second-order valence-corrected chi connectivity index (χ2v) is 8.09. The SMILES string of the molecule is CCC[C@@H](Br)[C@H](CN1CCCCC1)NC(=O)OC(C)(C)C. The van der Waals surface area contributed by atoms with E-state index in [4.69, 9.17) is 4.74 Å². The molecule has 1 saturated heterocycles. The lowest BCUT2D eigenvalue weighted by molar-refractivity contribution is 0.0487. The van der Waals surface area contributed by atoms with Gasteiger partial charge in [0.25, 0.3) is 0 Å². The number of carbonyl (C=O) groups excluding carboxylic acids is 1. The largest absolute Gasteiger partial charge is 0.444 e. The smallest absolute Gasteiger partial charge is 0.407 e. The summed E-state index contributed by atoms with van der Waals surface area (Å²) in [4.78, 5) is 14.8. The Balaban J connectivity index is 2.56. The molecule has 2 atom stereocenters. The molecule has 1 fully saturated rings. The molecular formula is C16H31BrN2O2. The van der Waals surface area contributed by atoms with Gasteiger partial charge in [0.05, 0.1) is 6.04 Å². The molecule has 1 amide bonds. The summed E-state index contributed by atoms with van der Waals surface area (Å²) < 4.78 is 5.40. The van der Waals surface area contributed by atoms with Crippen molar-refractivity contribution in [3.05, 3.63) is 0 Å². The molecule has 1 rings (SSSR count). The quantitative estimate of drug-likeness (QED) is 0.727. The first-order valence-electron chi connectivity index (χ1n) is 8.17. The summed E-state index contributed by atoms with van der Waals surface area (Å²) in [7, 11) is 0. The van der Waals surface area contributed by atoms with E-state index in [2.05, 4.69) is 33.1 Å². The topological polar surface area (TPSA) is 41.6 Å². The van der Waals surface area contributed by atoms with E-state index < -0.39 is 5.60 Å². The van der Waals surface area contributed by atoms with Gasteiger partial charge in [0, 0.05) is 11.4 Å². The molecule has 0 aliphatic carbocycles. The van der Waals surface area contributed by atoms with Crippen molar-refractivity contribution in [1.82, 2.24) is 10.2 Å². The van der Waals surface area contributed by atoms with Gasteiger partial charge in [-0.2, -0.15) is 0 Å². The summed E-state index contributed by atoms with van der Waals surface area (Å²) >= 11 is 3.74. The Morgan fingerprint density at radius 2 is 1.90 bits per heavy atom. The van der Waals surface area contributed by atoms with Crippen LogP contribution < -0.4 is 5.32 Å². The number of nitrogens with one attached hydrogen (secondary N) is 1. The van der Waals surface area contributed by atoms with Crippen LogP contribution in [0.3, 0.4) is 0 Å². The normalized spacial score (nSPS) is 19.9. The average molecular weight is 363 g/mol. The maximum atomic E-state index is 12.0. The molecule has 0 aromatic carbocycles. The van der Waals surface area contributed by atoms with Crippen LogP contribution in [0.25, 0.3) is 0 Å². The maximum absolute atomic E-state index is 12.0. The summed E-state index contributed by atoms with van der Waals surface area (Å²) in [5, 5.41) is 3.06. The first kappa shape index (κ1) is 18.8. The molecule has 5 heteroatoms. The predicted molar refractivity (Wildman–Crippen MR) is 91.1 cm³/mol. The summed E-state index contributed by atoms with van der Waals surface area (Å²) in [6.07, 6.45) is 5.69. The molecule has 0 bridgehead atoms. The third-order valence-electron chi connectivity index (χ3n) is 3.61. The number of rotatable bonds is 6. The van der Waals surface area contributed by atoms with E-state index in [1.807, 2.05) is 20.8 Å². The van der Waals surface area contributed by atoms with Gasteiger partial charge in [-0.15, -0.1) is 0 Å². The molecule has 4 nitrogen and oxygen atoms in total. The van der Waals surface area contributed by atoms with Crippen LogP contribution >= 0.6 is 15.9 Å². The van der Waals surface area contributed by atoms with E-state index >= 15 is 0 Å². The van der Waals surface area contributed by atoms with Crippen LogP contribution in [0.4, 0.5) is 4.79 Å². The van der Waals surface area contributed by atoms with Crippen LogP contribution in [0.2, 0.25) is 0 Å². The fourth-order valence-electron chi connectivity index (χ4n) is 2.61. The number of carbonyl (C=O) groups is 1. The fourth-order valence-corrected chi connectivity index (χ4v) is 3.36. The van der Waals surface area contributed by atoms with Crippen molar-refractivity contribution < 1.29 is 9.53 Å². The number of hydrogen-bond acceptors (Lipinski definition) is 3. The number of alkyl carbamates (subject to hydrolysis) is 1. The Kier molecular flexibility index (Phi) is 8.03. The zero-order chi connectivity index (χ0) is 15.9. The van der Waals surface area contributed by atoms with Crippen molar-refractivity contribution in [2.24, 2.45) is 0 Å². The lowest BCUT2D eigenvalue weighted by atomic mass is 10.1. The summed E-state index contributed by atoms with van der Waals surface area (Å²) in [5.41, 5.74) is -0.452. The molecule has 0 saturated carbocycles. The van der Waals surface area contributed by atoms with Crippen LogP contribution in [0, 0.1) is 0 Å². The van der Waals surface area contributed by atoms with Gasteiger partial charge in [0.2, 0.25) is 0 Å². The third kappa shape index (κ3) is 8.05. The molecule has 1 N–H and O–H groups in total. The van der Waals surface area contributed by atoms with Crippen molar-refractivity contribution in [1.29, 1.82) is 0 Å². The number of halogens is 1. The predicted octanol–water partition coefficient (Wildman–Crippen LogP) is 3.93. The molecular weight excluding hydrogens is 332 g/mol. The summed E-state index contributed by atoms with van der Waals surface area (Å²) in [6, 6.07) is 0.0953. The number of amides is 1. The van der Waals surface area contributed by atoms with Crippen molar-refractivity contribution >= 4 is 22.0 Å². The maximum Gasteiger partial charge on any atom is 0.407 e. The molecule has 0 unspecified atom stereocenters. The highest BCUT2D eigenvalue weighted by Gasteiger charge is 2.26. The van der Waals surface area contributed by atoms with Gasteiger partial charge < -0.3 is 15.0 Å². The third-order valence-corrected chi connectivity index (χ3v) is 4.70. The van der Waals surface area contributed by atoms with Crippen molar-refractivity contribution in [2.75, 3.05) is 19.6 Å². The number of nitrogens with zero attached hydrogens (tertiary/aromatic N) is 1. The van der Waals surface area contributed by atoms with Crippen molar-refractivity contribution in [3.63, 3.8) is 0 Å². The van der Waals surface area contributed by atoms with Crippen LogP contribution in [0.15, 0.2) is 0 Å². The number of piperidine rings is 1. The van der Waals surface area contributed by atoms with Crippen LogP contribution in [-0.4, -0.2) is 47.1 Å². The minimum Gasteiger partial charge on any atom is -0.444 e. The average Bonchev–Trinajstić information content (AvgIpc) is 2.37. The van der Waals surface area contributed by atoms with Gasteiger partial charge in [0.15, 0.2) is 0 Å². The molecule has 0 aromatic rings. The van der Waals surface area contributed by atoms with Gasteiger partial charge >= 0.3 is 6.09 Å². The van der Waals surface area contributed by atoms with E-state index in [0.717, 1.165) is 32.5 Å². The van der Waals surface area contributed by atoms with Crippen LogP contribution in [0.5, 0.6) is 0 Å². The Morgan fingerprint density at radius 3 is 2.43 bits per heavy atom. The van der Waals surface area contributed by atoms with Gasteiger partial charge in [-0.25, -0.2) is 4.79 Å². The summed E-state index contributed by atoms with van der Waals surface area (Å²) in [5.74, 6) is 0. The molecule has 21 heavy (non-hydrogen) atoms. The monoisotopic (exact) mass is 362 g/mol. The van der Waals surface area contributed by atoms with Gasteiger partial charge in [0.1, 0.15) is 5.60 Å². The minimum absolute atomic E-state index is 0.0953. The number of alkyl halides is 1. The van der Waals surface area contributed by atoms with Gasteiger partial charge in [-0.1, -0.05) is 35.7 Å². The molecule has 0 radical (unpaired) electrons. The lowest BCUT2D eigenvalue weighted by Crippen LogP contribution is -2.50. The molecule has 0 aromatic heterocycles. The number of likely N-dealkylation sites (tertiary alicyclic amines) is 1. The van der Waals surface area contributed by atoms with Crippen molar-refractivity contribution in [3.8, 4) is 0 Å². The summed E-state index contributed by atoms with van der Waals surface area (Å²) in [6.45, 7) is 11.0. The first-order chi connectivity index (χ1) is 9.81. The molecule has 1 heterocycles. The zero-order valence-electron chi connectivity index (χ0n) is 14.0. The molecule has 0 spiro atoms. The van der Waals surface area contributed by atoms with Gasteiger partial charge in [-0.05, 0) is 53.1 Å². The van der Waals surface area contributed by atoms with E-state index in [0.29, 0.717) is 0 Å². The Bertz CT molecular complexity index is 312. The van der Waals surface area contributed by atoms with Crippen LogP contribution in [0.1, 0.15) is 59.8 Å². The zero-order valence-corrected chi connectivity index (χ0v) is 15.5. The molecule has 1 aliphatic heterocycles. The highest BCUT2D eigenvalue weighted by molar-refractivity contribution is 9.09. The first-order valence-corrected chi connectivity index (χ1v) is 9.09. The van der Waals surface area contributed by atoms with Gasteiger partial charge in [-0.3, -0.25) is 0 Å². The lowest BCUT2D eigenvalue weighted by Gasteiger charge is -2.33. The van der Waals surface area contributed by atoms with Crippen LogP contribution in [-0.2, 0) is 4.74 Å². The van der Waals surface area contributed by atoms with E-state index in [-0.39, 0.29) is 17.0 Å². The Morgan fingerprint density at radius 1 is 1.29 bits per heavy atom. The van der Waals surface area contributed by atoms with E-state index in [1.165, 1.54) is 19.3 Å². The fraction of sp³-hybridized carbons (Fsp3) is 0.938. The second kappa shape index (κ2) is 8.99. The number of hydrogen-bond donors (Lipinski definition) is 1. The Hall–Kier alpha value is -0.290. The number of ether oxygens (including phenoxy) is 1. The second-order valence-electron chi connectivity index (χ2n) is 6.92. The highest BCUT2D eigenvalue weighted by Crippen LogP contribution is 2.17. The van der Waals surface area contributed by atoms with E-state index in [9.17, 15) is 4.79 Å². The van der Waals surface area contributed by atoms with E-state index in [1.54, 1.807) is 0 Å². The standard InChI is InChI=1S/C16H31BrN2O2/c1-5-9-13(17)14(12-19-10-7-6-8-11-19)18-15(20)21-16(2,3)4/h13-14H,5-12H2,1-4H3,(H,18,20)/t13-,14+/m1/s1. The van der Waals surface area contributed by atoms with Crippen molar-refractivity contribution in [2.45, 2.75) is 76.3 Å². The molecule has 1 aliphatic rings. The Labute approximate surface area is 138 Å².